The van der Waals surface area contributed by atoms with Crippen molar-refractivity contribution in [2.24, 2.45) is 0 Å². The Morgan fingerprint density at radius 2 is 2.12 bits per heavy atom. The first-order chi connectivity index (χ1) is 12.5. The zero-order valence-electron chi connectivity index (χ0n) is 14.9. The van der Waals surface area contributed by atoms with Crippen molar-refractivity contribution in [1.29, 1.82) is 0 Å². The maximum Gasteiger partial charge on any atom is 0.338 e. The Balaban J connectivity index is 1.88. The van der Waals surface area contributed by atoms with Gasteiger partial charge in [0.05, 0.1) is 18.7 Å². The van der Waals surface area contributed by atoms with Gasteiger partial charge in [0.25, 0.3) is 5.91 Å². The van der Waals surface area contributed by atoms with E-state index in [9.17, 15) is 19.5 Å². The summed E-state index contributed by atoms with van der Waals surface area (Å²) in [6, 6.07) is 5.36. The molecule has 1 aromatic carbocycles. The summed E-state index contributed by atoms with van der Waals surface area (Å²) >= 11 is 0. The maximum absolute atomic E-state index is 12.1. The molecule has 8 heteroatoms. The van der Waals surface area contributed by atoms with Crippen molar-refractivity contribution in [3.05, 3.63) is 29.8 Å². The van der Waals surface area contributed by atoms with Gasteiger partial charge in [-0.25, -0.2) is 9.59 Å². The van der Waals surface area contributed by atoms with Crippen LogP contribution in [0.5, 0.6) is 5.75 Å². The number of nitrogens with one attached hydrogen (secondary N) is 1. The quantitative estimate of drug-likeness (QED) is 0.506. The highest BCUT2D eigenvalue weighted by Gasteiger charge is 2.38. The molecule has 2 rings (SSSR count). The van der Waals surface area contributed by atoms with E-state index in [-0.39, 0.29) is 25.7 Å². The summed E-state index contributed by atoms with van der Waals surface area (Å²) in [7, 11) is 0. The zero-order chi connectivity index (χ0) is 19.1. The van der Waals surface area contributed by atoms with Gasteiger partial charge in [0.2, 0.25) is 0 Å². The summed E-state index contributed by atoms with van der Waals surface area (Å²) in [5, 5.41) is 12.7. The van der Waals surface area contributed by atoms with Gasteiger partial charge in [-0.15, -0.1) is 0 Å². The molecule has 0 unspecified atom stereocenters. The molecule has 0 radical (unpaired) electrons. The van der Waals surface area contributed by atoms with Crippen molar-refractivity contribution < 1.29 is 29.0 Å². The lowest BCUT2D eigenvalue weighted by Crippen LogP contribution is -2.40. The third kappa shape index (κ3) is 4.95. The molecule has 1 aromatic rings. The summed E-state index contributed by atoms with van der Waals surface area (Å²) in [6.07, 6.45) is 0.290. The molecule has 2 N–H and O–H groups in total. The zero-order valence-corrected chi connectivity index (χ0v) is 14.9. The first kappa shape index (κ1) is 19.7. The number of amides is 3. The van der Waals surface area contributed by atoms with Crippen molar-refractivity contribution in [3.8, 4) is 5.75 Å². The SMILES string of the molecule is CCC[C@@H]1NC(=O)N(C[C@@H](O)COc2cccc(C(=O)OCC)c2)C1=O. The van der Waals surface area contributed by atoms with Gasteiger partial charge in [-0.1, -0.05) is 19.4 Å². The predicted octanol–water partition coefficient (Wildman–Crippen LogP) is 1.32. The van der Waals surface area contributed by atoms with Crippen molar-refractivity contribution in [3.63, 3.8) is 0 Å². The van der Waals surface area contributed by atoms with Gasteiger partial charge in [-0.2, -0.15) is 0 Å². The van der Waals surface area contributed by atoms with Gasteiger partial charge in [-0.3, -0.25) is 9.69 Å². The fourth-order valence-electron chi connectivity index (χ4n) is 2.62. The molecule has 142 valence electrons. The minimum Gasteiger partial charge on any atom is -0.491 e. The first-order valence-electron chi connectivity index (χ1n) is 8.66. The topological polar surface area (TPSA) is 105 Å². The molecule has 2 atom stereocenters. The highest BCUT2D eigenvalue weighted by Crippen LogP contribution is 2.16. The molecule has 0 bridgehead atoms. The van der Waals surface area contributed by atoms with E-state index in [2.05, 4.69) is 5.32 Å². The Bertz CT molecular complexity index is 663. The highest BCUT2D eigenvalue weighted by atomic mass is 16.5. The number of carbonyl (C=O) groups excluding carboxylic acids is 3. The molecule has 1 aliphatic heterocycles. The van der Waals surface area contributed by atoms with Crippen LogP contribution in [0.4, 0.5) is 4.79 Å². The maximum atomic E-state index is 12.1. The van der Waals surface area contributed by atoms with Crippen LogP contribution in [-0.4, -0.2) is 59.8 Å². The second-order valence-electron chi connectivity index (χ2n) is 5.95. The van der Waals surface area contributed by atoms with Gasteiger partial charge >= 0.3 is 12.0 Å². The first-order valence-corrected chi connectivity index (χ1v) is 8.66. The molecule has 26 heavy (non-hydrogen) atoms. The van der Waals surface area contributed by atoms with Crippen molar-refractivity contribution >= 4 is 17.9 Å². The van der Waals surface area contributed by atoms with Crippen LogP contribution in [0.2, 0.25) is 0 Å². The molecule has 0 saturated carbocycles. The van der Waals surface area contributed by atoms with Gasteiger partial charge < -0.3 is 19.9 Å². The molecule has 1 fully saturated rings. The van der Waals surface area contributed by atoms with Crippen LogP contribution >= 0.6 is 0 Å². The Morgan fingerprint density at radius 3 is 2.81 bits per heavy atom. The Morgan fingerprint density at radius 1 is 1.35 bits per heavy atom. The van der Waals surface area contributed by atoms with Crippen molar-refractivity contribution in [1.82, 2.24) is 10.2 Å². The smallest absolute Gasteiger partial charge is 0.338 e. The number of ether oxygens (including phenoxy) is 2. The summed E-state index contributed by atoms with van der Waals surface area (Å²) in [5.74, 6) is -0.407. The van der Waals surface area contributed by atoms with Crippen LogP contribution in [0, 0.1) is 0 Å². The Kier molecular flexibility index (Phi) is 6.97. The predicted molar refractivity (Wildman–Crippen MR) is 92.8 cm³/mol. The van der Waals surface area contributed by atoms with E-state index in [1.165, 1.54) is 6.07 Å². The molecular weight excluding hydrogens is 340 g/mol. The second-order valence-corrected chi connectivity index (χ2v) is 5.95. The number of nitrogens with zero attached hydrogens (tertiary/aromatic N) is 1. The fraction of sp³-hybridized carbons (Fsp3) is 0.500. The minimum atomic E-state index is -1.05. The number of hydrogen-bond acceptors (Lipinski definition) is 6. The molecule has 1 saturated heterocycles. The lowest BCUT2D eigenvalue weighted by molar-refractivity contribution is -0.128. The normalized spacial score (nSPS) is 17.8. The highest BCUT2D eigenvalue weighted by molar-refractivity contribution is 6.04. The van der Waals surface area contributed by atoms with E-state index < -0.39 is 24.1 Å². The van der Waals surface area contributed by atoms with E-state index in [1.807, 2.05) is 6.92 Å². The van der Waals surface area contributed by atoms with E-state index in [0.717, 1.165) is 11.3 Å². The largest absolute Gasteiger partial charge is 0.491 e. The molecule has 0 spiro atoms. The van der Waals surface area contributed by atoms with E-state index >= 15 is 0 Å². The minimum absolute atomic E-state index is 0.123. The third-order valence-electron chi connectivity index (χ3n) is 3.87. The third-order valence-corrected chi connectivity index (χ3v) is 3.87. The average molecular weight is 364 g/mol. The second kappa shape index (κ2) is 9.19. The van der Waals surface area contributed by atoms with E-state index in [1.54, 1.807) is 25.1 Å². The molecule has 8 nitrogen and oxygen atoms in total. The van der Waals surface area contributed by atoms with Crippen molar-refractivity contribution in [2.45, 2.75) is 38.8 Å². The average Bonchev–Trinajstić information content (AvgIpc) is 2.88. The summed E-state index contributed by atoms with van der Waals surface area (Å²) in [4.78, 5) is 36.7. The molecule has 3 amide bonds. The number of urea groups is 1. The standard InChI is InChI=1S/C18H24N2O6/c1-3-6-15-16(22)20(18(24)19-15)10-13(21)11-26-14-8-5-7-12(9-14)17(23)25-4-2/h5,7-9,13,15,21H,3-4,6,10-11H2,1-2H3,(H,19,24)/t13-,15+/m1/s1. The molecule has 0 aliphatic carbocycles. The number of rotatable bonds is 9. The molecular formula is C18H24N2O6. The molecule has 1 heterocycles. The number of aliphatic hydroxyl groups excluding tert-OH is 1. The summed E-state index contributed by atoms with van der Waals surface area (Å²) < 4.78 is 10.4. The number of benzene rings is 1. The molecule has 0 aromatic heterocycles. The van der Waals surface area contributed by atoms with E-state index in [0.29, 0.717) is 17.7 Å². The number of imide groups is 1. The summed E-state index contributed by atoms with van der Waals surface area (Å²) in [6.45, 7) is 3.64. The van der Waals surface area contributed by atoms with Gasteiger partial charge in [-0.05, 0) is 31.5 Å². The number of esters is 1. The number of hydrogen-bond donors (Lipinski definition) is 2. The number of β-amino-alcohol motifs (C(OH)–C–C–N with tert-alkyl or cyclic N) is 1. The van der Waals surface area contributed by atoms with Crippen LogP contribution in [-0.2, 0) is 9.53 Å². The monoisotopic (exact) mass is 364 g/mol. The lowest BCUT2D eigenvalue weighted by Gasteiger charge is -2.18. The van der Waals surface area contributed by atoms with Crippen LogP contribution < -0.4 is 10.1 Å². The Labute approximate surface area is 152 Å². The van der Waals surface area contributed by atoms with Crippen LogP contribution in [0.25, 0.3) is 0 Å². The van der Waals surface area contributed by atoms with E-state index in [4.69, 9.17) is 9.47 Å². The van der Waals surface area contributed by atoms with Gasteiger partial charge in [0, 0.05) is 0 Å². The number of aliphatic hydroxyl groups is 1. The van der Waals surface area contributed by atoms with Crippen LogP contribution in [0.15, 0.2) is 24.3 Å². The molecule has 1 aliphatic rings. The number of carbonyl (C=O) groups is 3. The van der Waals surface area contributed by atoms with Crippen LogP contribution in [0.1, 0.15) is 37.0 Å². The van der Waals surface area contributed by atoms with Gasteiger partial charge in [0.15, 0.2) is 0 Å². The lowest BCUT2D eigenvalue weighted by atomic mass is 10.1. The fourth-order valence-corrected chi connectivity index (χ4v) is 2.62. The summed E-state index contributed by atoms with van der Waals surface area (Å²) in [5.41, 5.74) is 0.343. The van der Waals surface area contributed by atoms with Gasteiger partial charge in [0.1, 0.15) is 24.5 Å². The van der Waals surface area contributed by atoms with Crippen LogP contribution in [0.3, 0.4) is 0 Å². The Hall–Kier alpha value is -2.61. The van der Waals surface area contributed by atoms with Crippen molar-refractivity contribution in [2.75, 3.05) is 19.8 Å².